The SMILES string of the molecule is N[C@@H]1CN(C(=O)c2ccc(SC(F)F)cc2)C[C@H]1c1ccccc1. The zero-order valence-electron chi connectivity index (χ0n) is 12.9. The van der Waals surface area contributed by atoms with Gasteiger partial charge in [-0.15, -0.1) is 0 Å². The Morgan fingerprint density at radius 1 is 1.08 bits per heavy atom. The molecule has 0 unspecified atom stereocenters. The van der Waals surface area contributed by atoms with E-state index in [1.165, 1.54) is 0 Å². The largest absolute Gasteiger partial charge is 0.336 e. The summed E-state index contributed by atoms with van der Waals surface area (Å²) in [7, 11) is 0. The van der Waals surface area contributed by atoms with Crippen LogP contribution in [0.5, 0.6) is 0 Å². The maximum absolute atomic E-state index is 12.6. The van der Waals surface area contributed by atoms with Crippen molar-refractivity contribution >= 4 is 17.7 Å². The van der Waals surface area contributed by atoms with E-state index in [9.17, 15) is 13.6 Å². The van der Waals surface area contributed by atoms with Gasteiger partial charge in [-0.2, -0.15) is 8.78 Å². The van der Waals surface area contributed by atoms with Gasteiger partial charge in [0.15, 0.2) is 0 Å². The Hall–Kier alpha value is -1.92. The highest BCUT2D eigenvalue weighted by Gasteiger charge is 2.34. The molecule has 1 aliphatic rings. The number of carbonyl (C=O) groups excluding carboxylic acids is 1. The standard InChI is InChI=1S/C18H18F2N2OS/c19-18(20)24-14-8-6-13(7-9-14)17(23)22-10-15(16(21)11-22)12-4-2-1-3-5-12/h1-9,15-16,18H,10-11,21H2/t15-,16+/m0/s1. The molecule has 3 rings (SSSR count). The third kappa shape index (κ3) is 3.76. The Morgan fingerprint density at radius 2 is 1.75 bits per heavy atom. The van der Waals surface area contributed by atoms with Crippen LogP contribution in [0.25, 0.3) is 0 Å². The molecule has 2 N–H and O–H groups in total. The number of amides is 1. The first-order chi connectivity index (χ1) is 11.5. The van der Waals surface area contributed by atoms with Gasteiger partial charge >= 0.3 is 0 Å². The van der Waals surface area contributed by atoms with E-state index in [1.807, 2.05) is 30.3 Å². The molecule has 0 aliphatic carbocycles. The summed E-state index contributed by atoms with van der Waals surface area (Å²) in [5.74, 6) is -2.46. The molecule has 6 heteroatoms. The summed E-state index contributed by atoms with van der Waals surface area (Å²) < 4.78 is 24.7. The number of thioether (sulfide) groups is 1. The van der Waals surface area contributed by atoms with E-state index in [-0.39, 0.29) is 17.9 Å². The molecule has 1 aliphatic heterocycles. The number of halogens is 2. The lowest BCUT2D eigenvalue weighted by Crippen LogP contribution is -2.32. The van der Waals surface area contributed by atoms with Crippen molar-refractivity contribution < 1.29 is 13.6 Å². The van der Waals surface area contributed by atoms with Crippen molar-refractivity contribution in [3.05, 3.63) is 65.7 Å². The summed E-state index contributed by atoms with van der Waals surface area (Å²) in [4.78, 5) is 14.8. The average molecular weight is 348 g/mol. The molecule has 0 saturated carbocycles. The molecule has 1 heterocycles. The zero-order chi connectivity index (χ0) is 17.1. The van der Waals surface area contributed by atoms with E-state index in [2.05, 4.69) is 0 Å². The summed E-state index contributed by atoms with van der Waals surface area (Å²) >= 11 is 0.471. The number of hydrogen-bond acceptors (Lipinski definition) is 3. The number of likely N-dealkylation sites (tertiary alicyclic amines) is 1. The first kappa shape index (κ1) is 16.9. The van der Waals surface area contributed by atoms with Crippen molar-refractivity contribution in [2.24, 2.45) is 5.73 Å². The van der Waals surface area contributed by atoms with E-state index in [4.69, 9.17) is 5.73 Å². The minimum absolute atomic E-state index is 0.106. The Balaban J connectivity index is 1.70. The fourth-order valence-corrected chi connectivity index (χ4v) is 3.51. The second-order valence-electron chi connectivity index (χ2n) is 5.79. The lowest BCUT2D eigenvalue weighted by Gasteiger charge is -2.16. The van der Waals surface area contributed by atoms with Crippen LogP contribution in [0.3, 0.4) is 0 Å². The maximum atomic E-state index is 12.6. The van der Waals surface area contributed by atoms with Gasteiger partial charge in [0, 0.05) is 35.5 Å². The van der Waals surface area contributed by atoms with Crippen LogP contribution < -0.4 is 5.73 Å². The normalized spacial score (nSPS) is 20.6. The Morgan fingerprint density at radius 3 is 2.38 bits per heavy atom. The van der Waals surface area contributed by atoms with Crippen LogP contribution in [0.4, 0.5) is 8.78 Å². The van der Waals surface area contributed by atoms with Crippen LogP contribution in [0.1, 0.15) is 21.8 Å². The zero-order valence-corrected chi connectivity index (χ0v) is 13.8. The third-order valence-electron chi connectivity index (χ3n) is 4.21. The molecule has 1 saturated heterocycles. The van der Waals surface area contributed by atoms with Crippen molar-refractivity contribution in [1.29, 1.82) is 0 Å². The Labute approximate surface area is 143 Å². The molecule has 0 spiro atoms. The van der Waals surface area contributed by atoms with Crippen molar-refractivity contribution in [2.75, 3.05) is 13.1 Å². The lowest BCUT2D eigenvalue weighted by molar-refractivity contribution is 0.0789. The molecule has 2 aromatic rings. The van der Waals surface area contributed by atoms with Gasteiger partial charge in [0.1, 0.15) is 0 Å². The van der Waals surface area contributed by atoms with Crippen molar-refractivity contribution in [1.82, 2.24) is 4.90 Å². The summed E-state index contributed by atoms with van der Waals surface area (Å²) in [5, 5.41) is 0. The minimum Gasteiger partial charge on any atom is -0.336 e. The van der Waals surface area contributed by atoms with Gasteiger partial charge in [-0.1, -0.05) is 42.1 Å². The molecular formula is C18H18F2N2OS. The first-order valence-corrected chi connectivity index (χ1v) is 8.57. The fourth-order valence-electron chi connectivity index (χ4n) is 3.01. The van der Waals surface area contributed by atoms with Gasteiger partial charge in [0.2, 0.25) is 0 Å². The van der Waals surface area contributed by atoms with E-state index in [0.717, 1.165) is 5.56 Å². The third-order valence-corrected chi connectivity index (χ3v) is 4.93. The minimum atomic E-state index is -2.46. The van der Waals surface area contributed by atoms with Crippen LogP contribution in [0, 0.1) is 0 Å². The highest BCUT2D eigenvalue weighted by molar-refractivity contribution is 7.99. The van der Waals surface area contributed by atoms with Gasteiger partial charge in [-0.3, -0.25) is 4.79 Å². The molecule has 1 amide bonds. The molecule has 0 aromatic heterocycles. The Bertz CT molecular complexity index is 694. The molecule has 0 radical (unpaired) electrons. The van der Waals surface area contributed by atoms with Crippen molar-refractivity contribution in [3.8, 4) is 0 Å². The van der Waals surface area contributed by atoms with Crippen LogP contribution in [-0.4, -0.2) is 35.7 Å². The molecule has 2 aromatic carbocycles. The van der Waals surface area contributed by atoms with Crippen molar-refractivity contribution in [3.63, 3.8) is 0 Å². The second-order valence-corrected chi connectivity index (χ2v) is 6.86. The average Bonchev–Trinajstić information content (AvgIpc) is 2.97. The smallest absolute Gasteiger partial charge is 0.288 e. The van der Waals surface area contributed by atoms with Crippen LogP contribution in [0.2, 0.25) is 0 Å². The van der Waals surface area contributed by atoms with Gasteiger partial charge in [-0.25, -0.2) is 0 Å². The monoisotopic (exact) mass is 348 g/mol. The lowest BCUT2D eigenvalue weighted by atomic mass is 9.95. The summed E-state index contributed by atoms with van der Waals surface area (Å²) in [6.07, 6.45) is 0. The van der Waals surface area contributed by atoms with Gasteiger partial charge in [0.25, 0.3) is 11.7 Å². The highest BCUT2D eigenvalue weighted by atomic mass is 32.2. The number of carbonyl (C=O) groups is 1. The number of rotatable bonds is 4. The predicted molar refractivity (Wildman–Crippen MR) is 91.4 cm³/mol. The molecule has 2 atom stereocenters. The summed E-state index contributed by atoms with van der Waals surface area (Å²) in [5.41, 5.74) is 7.84. The van der Waals surface area contributed by atoms with E-state index in [1.54, 1.807) is 29.2 Å². The molecule has 0 bridgehead atoms. The number of nitrogens with two attached hydrogens (primary N) is 1. The van der Waals surface area contributed by atoms with Gasteiger partial charge < -0.3 is 10.6 Å². The molecule has 3 nitrogen and oxygen atoms in total. The number of nitrogens with zero attached hydrogens (tertiary/aromatic N) is 1. The maximum Gasteiger partial charge on any atom is 0.288 e. The number of hydrogen-bond donors (Lipinski definition) is 1. The van der Waals surface area contributed by atoms with Gasteiger partial charge in [-0.05, 0) is 29.8 Å². The molecule has 24 heavy (non-hydrogen) atoms. The molecule has 1 fully saturated rings. The highest BCUT2D eigenvalue weighted by Crippen LogP contribution is 2.29. The van der Waals surface area contributed by atoms with E-state index >= 15 is 0 Å². The number of benzene rings is 2. The van der Waals surface area contributed by atoms with Gasteiger partial charge in [0.05, 0.1) is 0 Å². The Kier molecular flexibility index (Phi) is 5.16. The van der Waals surface area contributed by atoms with Crippen molar-refractivity contribution in [2.45, 2.75) is 22.6 Å². The molecule has 126 valence electrons. The van der Waals surface area contributed by atoms with E-state index in [0.29, 0.717) is 35.3 Å². The fraction of sp³-hybridized carbons (Fsp3) is 0.278. The summed E-state index contributed by atoms with van der Waals surface area (Å²) in [6, 6.07) is 16.1. The van der Waals surface area contributed by atoms with Crippen LogP contribution in [-0.2, 0) is 0 Å². The first-order valence-electron chi connectivity index (χ1n) is 7.69. The van der Waals surface area contributed by atoms with E-state index < -0.39 is 5.76 Å². The predicted octanol–water partition coefficient (Wildman–Crippen LogP) is 3.57. The quantitative estimate of drug-likeness (QED) is 0.859. The topological polar surface area (TPSA) is 46.3 Å². The van der Waals surface area contributed by atoms with Crippen LogP contribution >= 0.6 is 11.8 Å². The van der Waals surface area contributed by atoms with Crippen LogP contribution in [0.15, 0.2) is 59.5 Å². The summed E-state index contributed by atoms with van der Waals surface area (Å²) in [6.45, 7) is 1.06. The number of alkyl halides is 2. The molecular weight excluding hydrogens is 330 g/mol. The second kappa shape index (κ2) is 7.32.